The van der Waals surface area contributed by atoms with E-state index in [1.807, 2.05) is 12.1 Å². The molecule has 0 unspecified atom stereocenters. The molecule has 2 rings (SSSR count). The summed E-state index contributed by atoms with van der Waals surface area (Å²) in [5, 5.41) is 14.8. The Morgan fingerprint density at radius 3 is 2.50 bits per heavy atom. The summed E-state index contributed by atoms with van der Waals surface area (Å²) in [6, 6.07) is 16.0. The van der Waals surface area contributed by atoms with Crippen LogP contribution in [-0.4, -0.2) is 20.1 Å². The average Bonchev–Trinajstić information content (AvgIpc) is 2.62. The number of hydrogen-bond acceptors (Lipinski definition) is 5. The van der Waals surface area contributed by atoms with Crippen molar-refractivity contribution in [2.45, 2.75) is 0 Å². The average molecular weight is 323 g/mol. The van der Waals surface area contributed by atoms with Crippen molar-refractivity contribution >= 4 is 17.3 Å². The summed E-state index contributed by atoms with van der Waals surface area (Å²) >= 11 is 0. The highest BCUT2D eigenvalue weighted by molar-refractivity contribution is 6.06. The number of nitrogens with one attached hydrogen (secondary N) is 2. The number of anilines is 2. The molecule has 2 aromatic rings. The summed E-state index contributed by atoms with van der Waals surface area (Å²) in [6.07, 6.45) is 1.33. The van der Waals surface area contributed by atoms with Gasteiger partial charge < -0.3 is 20.1 Å². The number of nitriles is 1. The Kier molecular flexibility index (Phi) is 5.81. The molecule has 0 bridgehead atoms. The minimum Gasteiger partial charge on any atom is -0.497 e. The zero-order chi connectivity index (χ0) is 17.4. The third kappa shape index (κ3) is 4.27. The molecule has 0 aliphatic heterocycles. The first-order valence-electron chi connectivity index (χ1n) is 7.13. The lowest BCUT2D eigenvalue weighted by molar-refractivity contribution is -0.112. The molecule has 6 heteroatoms. The number of methoxy groups -OCH3 is 2. The van der Waals surface area contributed by atoms with Crippen LogP contribution in [0.4, 0.5) is 11.4 Å². The third-order valence-corrected chi connectivity index (χ3v) is 3.18. The van der Waals surface area contributed by atoms with Crippen LogP contribution in [-0.2, 0) is 4.79 Å². The van der Waals surface area contributed by atoms with E-state index in [-0.39, 0.29) is 5.57 Å². The molecule has 0 aliphatic carbocycles. The van der Waals surface area contributed by atoms with Gasteiger partial charge in [-0.3, -0.25) is 4.79 Å². The highest BCUT2D eigenvalue weighted by atomic mass is 16.5. The monoisotopic (exact) mass is 323 g/mol. The first kappa shape index (κ1) is 16.9. The molecule has 0 radical (unpaired) electrons. The molecule has 0 atom stereocenters. The Morgan fingerprint density at radius 1 is 1.12 bits per heavy atom. The van der Waals surface area contributed by atoms with Crippen molar-refractivity contribution < 1.29 is 14.3 Å². The van der Waals surface area contributed by atoms with Gasteiger partial charge in [-0.1, -0.05) is 18.2 Å². The summed E-state index contributed by atoms with van der Waals surface area (Å²) in [6.45, 7) is 0. The molecule has 24 heavy (non-hydrogen) atoms. The Morgan fingerprint density at radius 2 is 1.88 bits per heavy atom. The molecule has 0 spiro atoms. The van der Waals surface area contributed by atoms with Gasteiger partial charge in [0.05, 0.1) is 19.9 Å². The van der Waals surface area contributed by atoms with E-state index in [2.05, 4.69) is 10.6 Å². The molecule has 122 valence electrons. The van der Waals surface area contributed by atoms with E-state index < -0.39 is 5.91 Å². The van der Waals surface area contributed by atoms with Gasteiger partial charge in [0.15, 0.2) is 0 Å². The fraction of sp³-hybridized carbons (Fsp3) is 0.111. The van der Waals surface area contributed by atoms with Crippen molar-refractivity contribution in [1.29, 1.82) is 5.26 Å². The van der Waals surface area contributed by atoms with Crippen LogP contribution < -0.4 is 20.1 Å². The third-order valence-electron chi connectivity index (χ3n) is 3.18. The zero-order valence-corrected chi connectivity index (χ0v) is 13.4. The first-order valence-corrected chi connectivity index (χ1v) is 7.13. The summed E-state index contributed by atoms with van der Waals surface area (Å²) in [7, 11) is 3.08. The number of amides is 1. The number of hydrogen-bond donors (Lipinski definition) is 2. The van der Waals surface area contributed by atoms with Gasteiger partial charge in [-0.05, 0) is 24.3 Å². The van der Waals surface area contributed by atoms with Crippen LogP contribution in [0.15, 0.2) is 60.3 Å². The summed E-state index contributed by atoms with van der Waals surface area (Å²) in [4.78, 5) is 12.1. The molecule has 0 heterocycles. The van der Waals surface area contributed by atoms with E-state index in [4.69, 9.17) is 9.47 Å². The largest absolute Gasteiger partial charge is 0.497 e. The van der Waals surface area contributed by atoms with Crippen molar-refractivity contribution in [3.05, 3.63) is 60.3 Å². The van der Waals surface area contributed by atoms with Crippen molar-refractivity contribution in [2.75, 3.05) is 24.9 Å². The Balaban J connectivity index is 2.16. The van der Waals surface area contributed by atoms with E-state index in [9.17, 15) is 10.1 Å². The molecule has 0 saturated heterocycles. The normalized spacial score (nSPS) is 10.5. The second kappa shape index (κ2) is 8.25. The minimum absolute atomic E-state index is 0.0660. The molecule has 0 aliphatic rings. The highest BCUT2D eigenvalue weighted by Gasteiger charge is 2.10. The molecule has 0 aromatic heterocycles. The maximum Gasteiger partial charge on any atom is 0.267 e. The van der Waals surface area contributed by atoms with Gasteiger partial charge in [0.1, 0.15) is 23.1 Å². The standard InChI is InChI=1S/C18H17N3O3/c1-23-15-8-9-17(24-2)16(10-15)20-12-13(11-19)18(22)21-14-6-4-3-5-7-14/h3-10,12,20H,1-2H3,(H,21,22). The van der Waals surface area contributed by atoms with Gasteiger partial charge in [-0.25, -0.2) is 0 Å². The number of para-hydroxylation sites is 1. The molecule has 0 saturated carbocycles. The predicted octanol–water partition coefficient (Wildman–Crippen LogP) is 3.16. The number of carbonyl (C=O) groups excluding carboxylic acids is 1. The number of rotatable bonds is 6. The van der Waals surface area contributed by atoms with Crippen LogP contribution in [0, 0.1) is 11.3 Å². The maximum absolute atomic E-state index is 12.1. The lowest BCUT2D eigenvalue weighted by atomic mass is 10.2. The Bertz CT molecular complexity index is 780. The molecule has 0 fully saturated rings. The van der Waals surface area contributed by atoms with E-state index in [0.717, 1.165) is 0 Å². The molecule has 2 N–H and O–H groups in total. The lowest BCUT2D eigenvalue weighted by Crippen LogP contribution is -2.14. The van der Waals surface area contributed by atoms with Gasteiger partial charge >= 0.3 is 0 Å². The lowest BCUT2D eigenvalue weighted by Gasteiger charge is -2.10. The maximum atomic E-state index is 12.1. The molecular weight excluding hydrogens is 306 g/mol. The van der Waals surface area contributed by atoms with E-state index >= 15 is 0 Å². The van der Waals surface area contributed by atoms with Gasteiger partial charge in [0, 0.05) is 18.0 Å². The van der Waals surface area contributed by atoms with Crippen LogP contribution in [0.2, 0.25) is 0 Å². The van der Waals surface area contributed by atoms with Crippen molar-refractivity contribution in [3.8, 4) is 17.6 Å². The smallest absolute Gasteiger partial charge is 0.267 e. The number of benzene rings is 2. The molecule has 6 nitrogen and oxygen atoms in total. The van der Waals surface area contributed by atoms with Crippen LogP contribution in [0.5, 0.6) is 11.5 Å². The van der Waals surface area contributed by atoms with E-state index in [0.29, 0.717) is 22.9 Å². The second-order valence-electron chi connectivity index (χ2n) is 4.70. The van der Waals surface area contributed by atoms with Crippen LogP contribution in [0.3, 0.4) is 0 Å². The van der Waals surface area contributed by atoms with Crippen LogP contribution in [0.25, 0.3) is 0 Å². The van der Waals surface area contributed by atoms with E-state index in [1.165, 1.54) is 13.3 Å². The number of carbonyl (C=O) groups is 1. The predicted molar refractivity (Wildman–Crippen MR) is 91.9 cm³/mol. The van der Waals surface area contributed by atoms with Gasteiger partial charge in [-0.15, -0.1) is 0 Å². The summed E-state index contributed by atoms with van der Waals surface area (Å²) in [5.41, 5.74) is 1.13. The van der Waals surface area contributed by atoms with Crippen molar-refractivity contribution in [1.82, 2.24) is 0 Å². The Labute approximate surface area is 140 Å². The van der Waals surface area contributed by atoms with Crippen LogP contribution in [0.1, 0.15) is 0 Å². The zero-order valence-electron chi connectivity index (χ0n) is 13.4. The second-order valence-corrected chi connectivity index (χ2v) is 4.70. The van der Waals surface area contributed by atoms with E-state index in [1.54, 1.807) is 49.6 Å². The topological polar surface area (TPSA) is 83.4 Å². The highest BCUT2D eigenvalue weighted by Crippen LogP contribution is 2.29. The SMILES string of the molecule is COc1ccc(OC)c(NC=C(C#N)C(=O)Nc2ccccc2)c1. The van der Waals surface area contributed by atoms with Gasteiger partial charge in [0.25, 0.3) is 5.91 Å². The number of nitrogens with zero attached hydrogens (tertiary/aromatic N) is 1. The Hall–Kier alpha value is -3.46. The quantitative estimate of drug-likeness (QED) is 0.630. The fourth-order valence-corrected chi connectivity index (χ4v) is 1.95. The first-order chi connectivity index (χ1) is 11.7. The minimum atomic E-state index is -0.502. The molecule has 1 amide bonds. The van der Waals surface area contributed by atoms with Crippen molar-refractivity contribution in [2.24, 2.45) is 0 Å². The summed E-state index contributed by atoms with van der Waals surface area (Å²) in [5.74, 6) is 0.685. The van der Waals surface area contributed by atoms with Gasteiger partial charge in [-0.2, -0.15) is 5.26 Å². The fourth-order valence-electron chi connectivity index (χ4n) is 1.95. The summed E-state index contributed by atoms with van der Waals surface area (Å²) < 4.78 is 10.4. The van der Waals surface area contributed by atoms with Gasteiger partial charge in [0.2, 0.25) is 0 Å². The molecule has 2 aromatic carbocycles. The number of ether oxygens (including phenoxy) is 2. The molecular formula is C18H17N3O3. The van der Waals surface area contributed by atoms with Crippen LogP contribution >= 0.6 is 0 Å². The van der Waals surface area contributed by atoms with Crippen molar-refractivity contribution in [3.63, 3.8) is 0 Å².